The van der Waals surface area contributed by atoms with Crippen LogP contribution in [0.3, 0.4) is 0 Å². The highest BCUT2D eigenvalue weighted by molar-refractivity contribution is 9.10. The van der Waals surface area contributed by atoms with Crippen LogP contribution in [0.2, 0.25) is 0 Å². The van der Waals surface area contributed by atoms with Crippen molar-refractivity contribution in [3.63, 3.8) is 0 Å². The van der Waals surface area contributed by atoms with E-state index in [1.54, 1.807) is 0 Å². The van der Waals surface area contributed by atoms with Crippen LogP contribution in [0, 0.1) is 19.8 Å². The van der Waals surface area contributed by atoms with E-state index in [9.17, 15) is 0 Å². The molecule has 0 aromatic heterocycles. The van der Waals surface area contributed by atoms with E-state index < -0.39 is 0 Å². The van der Waals surface area contributed by atoms with Crippen molar-refractivity contribution in [2.45, 2.75) is 39.5 Å². The van der Waals surface area contributed by atoms with Gasteiger partial charge in [0.2, 0.25) is 0 Å². The van der Waals surface area contributed by atoms with Crippen LogP contribution in [0.5, 0.6) is 5.75 Å². The maximum Gasteiger partial charge on any atom is 0.119 e. The highest BCUT2D eigenvalue weighted by Crippen LogP contribution is 2.26. The summed E-state index contributed by atoms with van der Waals surface area (Å²) in [4.78, 5) is 0. The van der Waals surface area contributed by atoms with Crippen molar-refractivity contribution >= 4 is 15.9 Å². The summed E-state index contributed by atoms with van der Waals surface area (Å²) in [5.41, 5.74) is 2.46. The number of rotatable bonds is 6. The maximum absolute atomic E-state index is 5.80. The van der Waals surface area contributed by atoms with Gasteiger partial charge in [-0.05, 0) is 62.4 Å². The summed E-state index contributed by atoms with van der Waals surface area (Å²) in [6.07, 6.45) is 5.64. The molecule has 0 saturated heterocycles. The Morgan fingerprint density at radius 1 is 1.21 bits per heavy atom. The Hall–Kier alpha value is -0.540. The zero-order valence-electron chi connectivity index (χ0n) is 12.0. The van der Waals surface area contributed by atoms with E-state index in [2.05, 4.69) is 47.2 Å². The number of hydrogen-bond donors (Lipinski definition) is 1. The normalized spacial score (nSPS) is 15.9. The Labute approximate surface area is 125 Å². The predicted octanol–water partition coefficient (Wildman–Crippen LogP) is 4.22. The van der Waals surface area contributed by atoms with Crippen molar-refractivity contribution in [3.8, 4) is 5.75 Å². The minimum absolute atomic E-state index is 0.743. The molecule has 1 aliphatic rings. The lowest BCUT2D eigenvalue weighted by Crippen LogP contribution is -2.26. The fourth-order valence-electron chi connectivity index (χ4n) is 2.75. The average Bonchev–Trinajstić information content (AvgIpc) is 2.88. The fraction of sp³-hybridized carbons (Fsp3) is 0.625. The summed E-state index contributed by atoms with van der Waals surface area (Å²) in [6, 6.07) is 4.18. The zero-order valence-corrected chi connectivity index (χ0v) is 13.6. The first-order chi connectivity index (χ1) is 9.16. The molecule has 0 bridgehead atoms. The maximum atomic E-state index is 5.80. The zero-order chi connectivity index (χ0) is 13.7. The molecule has 0 spiro atoms. The third-order valence-corrected chi connectivity index (χ3v) is 5.12. The van der Waals surface area contributed by atoms with Gasteiger partial charge in [0.05, 0.1) is 0 Å². The number of nitrogens with one attached hydrogen (secondary N) is 1. The summed E-state index contributed by atoms with van der Waals surface area (Å²) in [7, 11) is 0. The van der Waals surface area contributed by atoms with E-state index in [4.69, 9.17) is 4.74 Å². The predicted molar refractivity (Wildman–Crippen MR) is 83.9 cm³/mol. The minimum atomic E-state index is 0.743. The van der Waals surface area contributed by atoms with Gasteiger partial charge in [0.25, 0.3) is 0 Å². The van der Waals surface area contributed by atoms with Crippen LogP contribution in [-0.2, 0) is 0 Å². The van der Waals surface area contributed by atoms with Crippen molar-refractivity contribution in [3.05, 3.63) is 27.7 Å². The molecule has 1 aromatic carbocycles. The molecule has 0 amide bonds. The van der Waals surface area contributed by atoms with E-state index in [1.807, 2.05) is 0 Å². The molecule has 106 valence electrons. The second-order valence-corrected chi connectivity index (χ2v) is 6.37. The van der Waals surface area contributed by atoms with Crippen LogP contribution < -0.4 is 10.1 Å². The Bertz CT molecular complexity index is 390. The van der Waals surface area contributed by atoms with Crippen LogP contribution in [0.1, 0.15) is 36.8 Å². The SMILES string of the molecule is Cc1cc(OCCNCC2CCCC2)cc(C)c1Br. The molecule has 19 heavy (non-hydrogen) atoms. The summed E-state index contributed by atoms with van der Waals surface area (Å²) in [6.45, 7) is 7.03. The number of halogens is 1. The molecule has 1 saturated carbocycles. The molecule has 0 radical (unpaired) electrons. The Kier molecular flexibility index (Phi) is 5.71. The van der Waals surface area contributed by atoms with Gasteiger partial charge < -0.3 is 10.1 Å². The standard InChI is InChI=1S/C16H24BrNO/c1-12-9-15(10-13(2)16(12)17)19-8-7-18-11-14-5-3-4-6-14/h9-10,14,18H,3-8,11H2,1-2H3. The lowest BCUT2D eigenvalue weighted by Gasteiger charge is -2.12. The Morgan fingerprint density at radius 3 is 2.47 bits per heavy atom. The van der Waals surface area contributed by atoms with Crippen molar-refractivity contribution < 1.29 is 4.74 Å². The average molecular weight is 326 g/mol. The second kappa shape index (κ2) is 7.30. The van der Waals surface area contributed by atoms with Gasteiger partial charge in [-0.25, -0.2) is 0 Å². The number of benzene rings is 1. The number of hydrogen-bond acceptors (Lipinski definition) is 2. The molecule has 0 unspecified atom stereocenters. The van der Waals surface area contributed by atoms with E-state index in [1.165, 1.54) is 41.3 Å². The number of ether oxygens (including phenoxy) is 1. The van der Waals surface area contributed by atoms with E-state index in [0.717, 1.165) is 31.4 Å². The molecule has 1 aromatic rings. The largest absolute Gasteiger partial charge is 0.492 e. The smallest absolute Gasteiger partial charge is 0.119 e. The molecule has 0 atom stereocenters. The summed E-state index contributed by atoms with van der Waals surface area (Å²) >= 11 is 3.58. The van der Waals surface area contributed by atoms with Gasteiger partial charge in [-0.15, -0.1) is 0 Å². The molecule has 3 heteroatoms. The highest BCUT2D eigenvalue weighted by Gasteiger charge is 2.13. The quantitative estimate of drug-likeness (QED) is 0.790. The van der Waals surface area contributed by atoms with Gasteiger partial charge in [0.1, 0.15) is 12.4 Å². The lowest BCUT2D eigenvalue weighted by molar-refractivity contribution is 0.308. The third-order valence-electron chi connectivity index (χ3n) is 3.87. The summed E-state index contributed by atoms with van der Waals surface area (Å²) in [5, 5.41) is 3.50. The van der Waals surface area contributed by atoms with Crippen LogP contribution in [-0.4, -0.2) is 19.7 Å². The summed E-state index contributed by atoms with van der Waals surface area (Å²) < 4.78 is 6.98. The van der Waals surface area contributed by atoms with Crippen LogP contribution in [0.25, 0.3) is 0 Å². The van der Waals surface area contributed by atoms with Gasteiger partial charge in [-0.3, -0.25) is 0 Å². The molecule has 0 aliphatic heterocycles. The first-order valence-corrected chi connectivity index (χ1v) is 8.06. The van der Waals surface area contributed by atoms with Crippen molar-refractivity contribution in [2.75, 3.05) is 19.7 Å². The van der Waals surface area contributed by atoms with Crippen LogP contribution in [0.15, 0.2) is 16.6 Å². The topological polar surface area (TPSA) is 21.3 Å². The molecule has 1 aliphatic carbocycles. The highest BCUT2D eigenvalue weighted by atomic mass is 79.9. The third kappa shape index (κ3) is 4.50. The first kappa shape index (κ1) is 14.9. The summed E-state index contributed by atoms with van der Waals surface area (Å²) in [5.74, 6) is 1.87. The first-order valence-electron chi connectivity index (χ1n) is 7.27. The van der Waals surface area contributed by atoms with Crippen LogP contribution >= 0.6 is 15.9 Å². The van der Waals surface area contributed by atoms with Crippen LogP contribution in [0.4, 0.5) is 0 Å². The Morgan fingerprint density at radius 2 is 1.84 bits per heavy atom. The molecule has 1 N–H and O–H groups in total. The van der Waals surface area contributed by atoms with Crippen molar-refractivity contribution in [2.24, 2.45) is 5.92 Å². The van der Waals surface area contributed by atoms with E-state index in [-0.39, 0.29) is 0 Å². The van der Waals surface area contributed by atoms with E-state index >= 15 is 0 Å². The van der Waals surface area contributed by atoms with Gasteiger partial charge >= 0.3 is 0 Å². The van der Waals surface area contributed by atoms with Crippen molar-refractivity contribution in [1.29, 1.82) is 0 Å². The second-order valence-electron chi connectivity index (χ2n) is 5.57. The molecule has 2 rings (SSSR count). The molecule has 2 nitrogen and oxygen atoms in total. The van der Waals surface area contributed by atoms with Gasteiger partial charge in [0.15, 0.2) is 0 Å². The molecular formula is C16H24BrNO. The van der Waals surface area contributed by atoms with E-state index in [0.29, 0.717) is 0 Å². The lowest BCUT2D eigenvalue weighted by atomic mass is 10.1. The molecule has 1 fully saturated rings. The van der Waals surface area contributed by atoms with Gasteiger partial charge in [0, 0.05) is 11.0 Å². The Balaban J connectivity index is 1.67. The number of aryl methyl sites for hydroxylation is 2. The minimum Gasteiger partial charge on any atom is -0.492 e. The van der Waals surface area contributed by atoms with Crippen molar-refractivity contribution in [1.82, 2.24) is 5.32 Å². The monoisotopic (exact) mass is 325 g/mol. The fourth-order valence-corrected chi connectivity index (χ4v) is 2.98. The molecule has 0 heterocycles. The molecular weight excluding hydrogens is 302 g/mol. The van der Waals surface area contributed by atoms with Gasteiger partial charge in [-0.1, -0.05) is 28.8 Å². The van der Waals surface area contributed by atoms with Gasteiger partial charge in [-0.2, -0.15) is 0 Å².